The van der Waals surface area contributed by atoms with Gasteiger partial charge in [0, 0.05) is 36.1 Å². The predicted octanol–water partition coefficient (Wildman–Crippen LogP) is 4.96. The first-order chi connectivity index (χ1) is 13.1. The van der Waals surface area contributed by atoms with E-state index in [1.54, 1.807) is 4.68 Å². The predicted molar refractivity (Wildman–Crippen MR) is 115 cm³/mol. The van der Waals surface area contributed by atoms with Gasteiger partial charge in [0.15, 0.2) is 0 Å². The molecule has 28 heavy (non-hydrogen) atoms. The van der Waals surface area contributed by atoms with Crippen molar-refractivity contribution < 1.29 is 4.74 Å². The van der Waals surface area contributed by atoms with Crippen molar-refractivity contribution in [3.05, 3.63) is 27.3 Å². The van der Waals surface area contributed by atoms with Crippen LogP contribution in [0.2, 0.25) is 0 Å². The zero-order chi connectivity index (χ0) is 20.6. The van der Waals surface area contributed by atoms with Crippen molar-refractivity contribution >= 4 is 10.9 Å². The van der Waals surface area contributed by atoms with Gasteiger partial charge in [-0.15, -0.1) is 0 Å². The van der Waals surface area contributed by atoms with Crippen LogP contribution in [-0.2, 0) is 17.2 Å². The standard InChI is InChI=1S/C23H37N3O2/c1-14(2)12-16(13-17-10-8-9-11-28-17)19-15(3)18-20(22(27)24-19)26(7)25-21(18)23(4,5)6/h14,16-17H,8-13H2,1-7H3,(H,24,27). The molecule has 1 aliphatic rings. The van der Waals surface area contributed by atoms with Crippen LogP contribution in [0, 0.1) is 12.8 Å². The Hall–Kier alpha value is -1.62. The first-order valence-corrected chi connectivity index (χ1v) is 10.8. The molecule has 3 heterocycles. The van der Waals surface area contributed by atoms with Crippen molar-refractivity contribution in [3.8, 4) is 0 Å². The molecule has 3 rings (SSSR count). The van der Waals surface area contributed by atoms with Crippen LogP contribution in [0.4, 0.5) is 0 Å². The maximum absolute atomic E-state index is 13.0. The second-order valence-corrected chi connectivity index (χ2v) is 9.99. The first kappa shape index (κ1) is 21.1. The summed E-state index contributed by atoms with van der Waals surface area (Å²) in [5.74, 6) is 0.858. The smallest absolute Gasteiger partial charge is 0.274 e. The SMILES string of the molecule is Cc1c(C(CC(C)C)CC2CCCCO2)[nH]c(=O)c2c1c(C(C)(C)C)nn2C. The zero-order valence-corrected chi connectivity index (χ0v) is 18.7. The van der Waals surface area contributed by atoms with E-state index in [4.69, 9.17) is 9.84 Å². The van der Waals surface area contributed by atoms with Crippen molar-refractivity contribution in [1.29, 1.82) is 0 Å². The molecule has 5 heteroatoms. The highest BCUT2D eigenvalue weighted by Gasteiger charge is 2.29. The number of aromatic nitrogens is 3. The molecule has 2 atom stereocenters. The van der Waals surface area contributed by atoms with E-state index >= 15 is 0 Å². The van der Waals surface area contributed by atoms with Crippen LogP contribution in [0.3, 0.4) is 0 Å². The summed E-state index contributed by atoms with van der Waals surface area (Å²) in [4.78, 5) is 16.3. The minimum absolute atomic E-state index is 0.0283. The Morgan fingerprint density at radius 3 is 2.57 bits per heavy atom. The van der Waals surface area contributed by atoms with Gasteiger partial charge in [0.2, 0.25) is 0 Å². The molecule has 0 amide bonds. The summed E-state index contributed by atoms with van der Waals surface area (Å²) in [5.41, 5.74) is 3.80. The quantitative estimate of drug-likeness (QED) is 0.789. The van der Waals surface area contributed by atoms with Gasteiger partial charge in [0.05, 0.1) is 11.8 Å². The number of nitrogens with zero attached hydrogens (tertiary/aromatic N) is 2. The van der Waals surface area contributed by atoms with E-state index in [1.807, 2.05) is 7.05 Å². The van der Waals surface area contributed by atoms with Gasteiger partial charge in [0.1, 0.15) is 5.52 Å². The van der Waals surface area contributed by atoms with Crippen LogP contribution < -0.4 is 5.56 Å². The summed E-state index contributed by atoms with van der Waals surface area (Å²) in [6.07, 6.45) is 5.86. The molecule has 0 saturated carbocycles. The Balaban J connectivity index is 2.13. The van der Waals surface area contributed by atoms with Gasteiger partial charge in [-0.2, -0.15) is 5.10 Å². The van der Waals surface area contributed by atoms with E-state index in [0.29, 0.717) is 23.5 Å². The number of fused-ring (bicyclic) bond motifs is 1. The van der Waals surface area contributed by atoms with Gasteiger partial charge in [-0.25, -0.2) is 0 Å². The normalized spacial score (nSPS) is 19.5. The van der Waals surface area contributed by atoms with Crippen molar-refractivity contribution in [2.45, 2.75) is 91.1 Å². The summed E-state index contributed by atoms with van der Waals surface area (Å²) in [7, 11) is 1.87. The number of rotatable bonds is 5. The lowest BCUT2D eigenvalue weighted by atomic mass is 9.83. The highest BCUT2D eigenvalue weighted by atomic mass is 16.5. The van der Waals surface area contributed by atoms with Gasteiger partial charge in [-0.05, 0) is 50.5 Å². The summed E-state index contributed by atoms with van der Waals surface area (Å²) in [6.45, 7) is 14.0. The van der Waals surface area contributed by atoms with E-state index in [0.717, 1.165) is 49.1 Å². The van der Waals surface area contributed by atoms with Crippen LogP contribution in [0.1, 0.15) is 89.6 Å². The molecular weight excluding hydrogens is 350 g/mol. The Morgan fingerprint density at radius 1 is 1.29 bits per heavy atom. The second-order valence-electron chi connectivity index (χ2n) is 9.99. The maximum atomic E-state index is 13.0. The van der Waals surface area contributed by atoms with Gasteiger partial charge in [0.25, 0.3) is 5.56 Å². The van der Waals surface area contributed by atoms with Crippen molar-refractivity contribution in [1.82, 2.24) is 14.8 Å². The lowest BCUT2D eigenvalue weighted by Crippen LogP contribution is -2.25. The fraction of sp³-hybridized carbons (Fsp3) is 0.739. The molecule has 0 aliphatic carbocycles. The second kappa shape index (κ2) is 8.02. The number of H-pyrrole nitrogens is 1. The van der Waals surface area contributed by atoms with Gasteiger partial charge in [-0.1, -0.05) is 34.6 Å². The van der Waals surface area contributed by atoms with E-state index in [1.165, 1.54) is 12.0 Å². The van der Waals surface area contributed by atoms with Gasteiger partial charge in [-0.3, -0.25) is 9.48 Å². The number of pyridine rings is 1. The lowest BCUT2D eigenvalue weighted by Gasteiger charge is -2.29. The number of nitrogens with one attached hydrogen (secondary N) is 1. The molecule has 1 aliphatic heterocycles. The van der Waals surface area contributed by atoms with Crippen molar-refractivity contribution in [3.63, 3.8) is 0 Å². The van der Waals surface area contributed by atoms with Crippen LogP contribution in [-0.4, -0.2) is 27.5 Å². The van der Waals surface area contributed by atoms with E-state index in [-0.39, 0.29) is 11.0 Å². The van der Waals surface area contributed by atoms with Crippen LogP contribution in [0.15, 0.2) is 4.79 Å². The van der Waals surface area contributed by atoms with E-state index in [2.05, 4.69) is 46.5 Å². The number of hydrogen-bond acceptors (Lipinski definition) is 3. The summed E-state index contributed by atoms with van der Waals surface area (Å²) < 4.78 is 7.79. The summed E-state index contributed by atoms with van der Waals surface area (Å²) in [6, 6.07) is 0. The lowest BCUT2D eigenvalue weighted by molar-refractivity contribution is 0.00562. The third-order valence-corrected chi connectivity index (χ3v) is 5.99. The highest BCUT2D eigenvalue weighted by molar-refractivity contribution is 5.86. The number of aromatic amines is 1. The number of hydrogen-bond donors (Lipinski definition) is 1. The Bertz CT molecular complexity index is 880. The molecule has 2 aromatic rings. The number of ether oxygens (including phenoxy) is 1. The molecule has 0 spiro atoms. The molecule has 1 fully saturated rings. The minimum Gasteiger partial charge on any atom is -0.378 e. The molecule has 2 aromatic heterocycles. The largest absolute Gasteiger partial charge is 0.378 e. The molecule has 156 valence electrons. The average Bonchev–Trinajstić information content (AvgIpc) is 2.97. The first-order valence-electron chi connectivity index (χ1n) is 10.8. The monoisotopic (exact) mass is 387 g/mol. The minimum atomic E-state index is -0.116. The Morgan fingerprint density at radius 2 is 2.00 bits per heavy atom. The summed E-state index contributed by atoms with van der Waals surface area (Å²) >= 11 is 0. The molecule has 0 aromatic carbocycles. The third-order valence-electron chi connectivity index (χ3n) is 5.99. The zero-order valence-electron chi connectivity index (χ0n) is 18.7. The Labute approximate surface area is 168 Å². The Kier molecular flexibility index (Phi) is 6.04. The molecule has 1 saturated heterocycles. The fourth-order valence-corrected chi connectivity index (χ4v) is 4.69. The van der Waals surface area contributed by atoms with E-state index in [9.17, 15) is 4.79 Å². The van der Waals surface area contributed by atoms with Crippen LogP contribution in [0.5, 0.6) is 0 Å². The molecule has 1 N–H and O–H groups in total. The number of aryl methyl sites for hydroxylation is 2. The molecule has 0 bridgehead atoms. The van der Waals surface area contributed by atoms with E-state index < -0.39 is 0 Å². The average molecular weight is 388 g/mol. The molecule has 5 nitrogen and oxygen atoms in total. The van der Waals surface area contributed by atoms with Crippen LogP contribution in [0.25, 0.3) is 10.9 Å². The molecular formula is C23H37N3O2. The fourth-order valence-electron chi connectivity index (χ4n) is 4.69. The maximum Gasteiger partial charge on any atom is 0.274 e. The summed E-state index contributed by atoms with van der Waals surface area (Å²) in [5, 5.41) is 5.77. The van der Waals surface area contributed by atoms with Gasteiger partial charge < -0.3 is 9.72 Å². The molecule has 0 radical (unpaired) electrons. The highest BCUT2D eigenvalue weighted by Crippen LogP contribution is 2.36. The van der Waals surface area contributed by atoms with Crippen LogP contribution >= 0.6 is 0 Å². The van der Waals surface area contributed by atoms with Crippen molar-refractivity contribution in [2.75, 3.05) is 6.61 Å². The third kappa shape index (κ3) is 4.19. The van der Waals surface area contributed by atoms with Gasteiger partial charge >= 0.3 is 0 Å². The van der Waals surface area contributed by atoms with Crippen molar-refractivity contribution in [2.24, 2.45) is 13.0 Å². The topological polar surface area (TPSA) is 59.9 Å². The molecule has 2 unspecified atom stereocenters.